The highest BCUT2D eigenvalue weighted by Crippen LogP contribution is 2.36. The molecule has 156 valence electrons. The van der Waals surface area contributed by atoms with Crippen molar-refractivity contribution >= 4 is 29.7 Å². The van der Waals surface area contributed by atoms with E-state index in [2.05, 4.69) is 5.32 Å². The van der Waals surface area contributed by atoms with Crippen LogP contribution in [0.25, 0.3) is 0 Å². The smallest absolute Gasteiger partial charge is 0.366 e. The maximum Gasteiger partial charge on any atom is 0.416 e. The first kappa shape index (κ1) is 22.2. The molecule has 3 rings (SSSR count). The zero-order valence-electron chi connectivity index (χ0n) is 14.8. The van der Waals surface area contributed by atoms with Crippen LogP contribution in [-0.4, -0.2) is 67.7 Å². The summed E-state index contributed by atoms with van der Waals surface area (Å²) >= 11 is 0. The van der Waals surface area contributed by atoms with E-state index in [0.717, 1.165) is 12.1 Å². The van der Waals surface area contributed by atoms with Crippen LogP contribution in [0.1, 0.15) is 5.56 Å². The Hall–Kier alpha value is -2.11. The third kappa shape index (κ3) is 4.83. The number of anilines is 1. The number of alkyl halides is 3. The minimum absolute atomic E-state index is 0. The van der Waals surface area contributed by atoms with Gasteiger partial charge in [-0.3, -0.25) is 14.9 Å². The summed E-state index contributed by atoms with van der Waals surface area (Å²) in [6, 6.07) is 2.50. The van der Waals surface area contributed by atoms with Crippen molar-refractivity contribution in [2.45, 2.75) is 12.3 Å². The van der Waals surface area contributed by atoms with Gasteiger partial charge in [-0.2, -0.15) is 13.2 Å². The third-order valence-electron chi connectivity index (χ3n) is 4.63. The van der Waals surface area contributed by atoms with Gasteiger partial charge >= 0.3 is 6.18 Å². The molecule has 0 aliphatic carbocycles. The van der Waals surface area contributed by atoms with E-state index in [0.29, 0.717) is 38.9 Å². The van der Waals surface area contributed by atoms with Crippen molar-refractivity contribution < 1.29 is 27.6 Å². The van der Waals surface area contributed by atoms with E-state index in [1.807, 2.05) is 0 Å². The maximum absolute atomic E-state index is 12.8. The third-order valence-corrected chi connectivity index (χ3v) is 4.63. The maximum atomic E-state index is 12.8. The molecular formula is C16H20ClF3N4O4. The van der Waals surface area contributed by atoms with Crippen molar-refractivity contribution in [3.8, 4) is 0 Å². The number of halogens is 4. The number of benzene rings is 1. The Labute approximate surface area is 165 Å². The molecule has 12 heteroatoms. The summed E-state index contributed by atoms with van der Waals surface area (Å²) in [5, 5.41) is 14.3. The van der Waals surface area contributed by atoms with Gasteiger partial charge in [0.15, 0.2) is 0 Å². The molecule has 2 heterocycles. The molecular weight excluding hydrogens is 405 g/mol. The van der Waals surface area contributed by atoms with Gasteiger partial charge in [0.1, 0.15) is 11.8 Å². The van der Waals surface area contributed by atoms with Gasteiger partial charge in [-0.05, 0) is 12.1 Å². The quantitative estimate of drug-likeness (QED) is 0.586. The van der Waals surface area contributed by atoms with Crippen LogP contribution in [0.2, 0.25) is 0 Å². The van der Waals surface area contributed by atoms with Crippen LogP contribution in [0.5, 0.6) is 0 Å². The van der Waals surface area contributed by atoms with Gasteiger partial charge in [0.05, 0.1) is 17.1 Å². The summed E-state index contributed by atoms with van der Waals surface area (Å²) in [4.78, 5) is 26.1. The number of amides is 1. The summed E-state index contributed by atoms with van der Waals surface area (Å²) in [6.07, 6.45) is -5.20. The van der Waals surface area contributed by atoms with Crippen LogP contribution in [-0.2, 0) is 15.7 Å². The minimum atomic E-state index is -4.65. The summed E-state index contributed by atoms with van der Waals surface area (Å²) in [7, 11) is 0. The standard InChI is InChI=1S/C16H19F3N4O4.ClH/c17-16(18,19)11-1-2-12(13(9-11)23(25)26)21-4-6-22(7-5-21)15(24)14-10-20-3-8-27-14;/h1-2,9,14,20H,3-8,10H2;1H. The van der Waals surface area contributed by atoms with Crippen LogP contribution in [0.4, 0.5) is 24.5 Å². The molecule has 8 nitrogen and oxygen atoms in total. The number of nitro groups is 1. The van der Waals surface area contributed by atoms with E-state index in [4.69, 9.17) is 4.74 Å². The predicted molar refractivity (Wildman–Crippen MR) is 96.7 cm³/mol. The average molecular weight is 425 g/mol. The molecule has 1 amide bonds. The van der Waals surface area contributed by atoms with Gasteiger partial charge in [-0.1, -0.05) is 0 Å². The second-order valence-corrected chi connectivity index (χ2v) is 6.33. The van der Waals surface area contributed by atoms with Crippen molar-refractivity contribution in [1.82, 2.24) is 10.2 Å². The van der Waals surface area contributed by atoms with Crippen LogP contribution >= 0.6 is 12.4 Å². The van der Waals surface area contributed by atoms with Gasteiger partial charge in [-0.25, -0.2) is 0 Å². The van der Waals surface area contributed by atoms with Crippen molar-refractivity contribution in [2.75, 3.05) is 50.8 Å². The second-order valence-electron chi connectivity index (χ2n) is 6.33. The number of morpholine rings is 1. The fourth-order valence-corrected chi connectivity index (χ4v) is 3.21. The molecule has 2 saturated heterocycles. The van der Waals surface area contributed by atoms with Crippen LogP contribution < -0.4 is 10.2 Å². The lowest BCUT2D eigenvalue weighted by Crippen LogP contribution is -2.55. The molecule has 1 aromatic rings. The average Bonchev–Trinajstić information content (AvgIpc) is 2.67. The van der Waals surface area contributed by atoms with Gasteiger partial charge in [-0.15, -0.1) is 12.4 Å². The normalized spacial score (nSPS) is 20.5. The monoisotopic (exact) mass is 424 g/mol. The molecule has 0 saturated carbocycles. The molecule has 28 heavy (non-hydrogen) atoms. The van der Waals surface area contributed by atoms with Crippen molar-refractivity contribution in [2.24, 2.45) is 0 Å². The number of carbonyl (C=O) groups excluding carboxylic acids is 1. The topological polar surface area (TPSA) is 88.0 Å². The number of nitrogens with zero attached hydrogens (tertiary/aromatic N) is 3. The SMILES string of the molecule is Cl.O=C(C1CNCCO1)N1CCN(c2ccc(C(F)(F)F)cc2[N+](=O)[O-])CC1. The van der Waals surface area contributed by atoms with E-state index in [-0.39, 0.29) is 37.1 Å². The van der Waals surface area contributed by atoms with E-state index in [9.17, 15) is 28.1 Å². The fourth-order valence-electron chi connectivity index (χ4n) is 3.21. The molecule has 2 aliphatic rings. The highest BCUT2D eigenvalue weighted by molar-refractivity contribution is 5.85. The molecule has 1 atom stereocenters. The number of rotatable bonds is 3. The lowest BCUT2D eigenvalue weighted by molar-refractivity contribution is -0.384. The molecule has 1 aromatic carbocycles. The van der Waals surface area contributed by atoms with E-state index < -0.39 is 28.5 Å². The Kier molecular flexibility index (Phi) is 7.07. The molecule has 2 aliphatic heterocycles. The van der Waals surface area contributed by atoms with Gasteiger partial charge in [0, 0.05) is 45.3 Å². The number of carbonyl (C=O) groups is 1. The van der Waals surface area contributed by atoms with Gasteiger partial charge < -0.3 is 19.9 Å². The first-order valence-corrected chi connectivity index (χ1v) is 8.49. The Morgan fingerprint density at radius 3 is 2.46 bits per heavy atom. The zero-order valence-corrected chi connectivity index (χ0v) is 15.6. The summed E-state index contributed by atoms with van der Waals surface area (Å²) < 4.78 is 43.9. The largest absolute Gasteiger partial charge is 0.416 e. The summed E-state index contributed by atoms with van der Waals surface area (Å²) in [5.41, 5.74) is -1.53. The Bertz CT molecular complexity index is 720. The molecule has 1 N–H and O–H groups in total. The van der Waals surface area contributed by atoms with E-state index in [1.165, 1.54) is 0 Å². The molecule has 1 unspecified atom stereocenters. The first-order valence-electron chi connectivity index (χ1n) is 8.49. The minimum Gasteiger partial charge on any atom is -0.366 e. The summed E-state index contributed by atoms with van der Waals surface area (Å²) in [6.45, 7) is 2.79. The van der Waals surface area contributed by atoms with Crippen LogP contribution in [0.3, 0.4) is 0 Å². The molecule has 0 bridgehead atoms. The first-order chi connectivity index (χ1) is 12.8. The molecule has 2 fully saturated rings. The Morgan fingerprint density at radius 2 is 1.93 bits per heavy atom. The Morgan fingerprint density at radius 1 is 1.25 bits per heavy atom. The van der Waals surface area contributed by atoms with Gasteiger partial charge in [0.25, 0.3) is 11.6 Å². The molecule has 0 aromatic heterocycles. The summed E-state index contributed by atoms with van der Waals surface area (Å²) in [5.74, 6) is -0.149. The second kappa shape index (κ2) is 8.93. The number of hydrogen-bond donors (Lipinski definition) is 1. The molecule has 0 spiro atoms. The van der Waals surface area contributed by atoms with E-state index in [1.54, 1.807) is 9.80 Å². The van der Waals surface area contributed by atoms with Crippen LogP contribution in [0, 0.1) is 10.1 Å². The highest BCUT2D eigenvalue weighted by atomic mass is 35.5. The number of nitro benzene ring substituents is 1. The van der Waals surface area contributed by atoms with Crippen LogP contribution in [0.15, 0.2) is 18.2 Å². The molecule has 0 radical (unpaired) electrons. The lowest BCUT2D eigenvalue weighted by Gasteiger charge is -2.37. The highest BCUT2D eigenvalue weighted by Gasteiger charge is 2.35. The number of hydrogen-bond acceptors (Lipinski definition) is 6. The number of ether oxygens (including phenoxy) is 1. The number of nitrogens with one attached hydrogen (secondary N) is 1. The predicted octanol–water partition coefficient (Wildman–Crippen LogP) is 1.67. The van der Waals surface area contributed by atoms with Gasteiger partial charge in [0.2, 0.25) is 0 Å². The van der Waals surface area contributed by atoms with E-state index >= 15 is 0 Å². The fraction of sp³-hybridized carbons (Fsp3) is 0.562. The van der Waals surface area contributed by atoms with Crippen molar-refractivity contribution in [3.05, 3.63) is 33.9 Å². The zero-order chi connectivity index (χ0) is 19.6. The lowest BCUT2D eigenvalue weighted by atomic mass is 10.1. The van der Waals surface area contributed by atoms with Crippen molar-refractivity contribution in [1.29, 1.82) is 0 Å². The Balaban J connectivity index is 0.00000280. The number of piperazine rings is 1. The van der Waals surface area contributed by atoms with Crippen molar-refractivity contribution in [3.63, 3.8) is 0 Å².